The highest BCUT2D eigenvalue weighted by atomic mass is 32.1. The van der Waals surface area contributed by atoms with Crippen molar-refractivity contribution < 1.29 is 22.8 Å². The van der Waals surface area contributed by atoms with Crippen LogP contribution in [0.25, 0.3) is 0 Å². The molecule has 0 spiro atoms. The predicted molar refractivity (Wildman–Crippen MR) is 82.9 cm³/mol. The Bertz CT molecular complexity index is 782. The third-order valence-corrected chi connectivity index (χ3v) is 4.39. The number of ketones is 1. The number of amides is 1. The van der Waals surface area contributed by atoms with Crippen molar-refractivity contribution in [2.24, 2.45) is 0 Å². The van der Waals surface area contributed by atoms with Gasteiger partial charge >= 0.3 is 6.18 Å². The van der Waals surface area contributed by atoms with Crippen LogP contribution < -0.4 is 11.1 Å². The maximum atomic E-state index is 12.7. The highest BCUT2D eigenvalue weighted by Gasteiger charge is 2.30. The van der Waals surface area contributed by atoms with Gasteiger partial charge in [0, 0.05) is 5.69 Å². The van der Waals surface area contributed by atoms with E-state index in [0.717, 1.165) is 23.5 Å². The second kappa shape index (κ2) is 6.04. The van der Waals surface area contributed by atoms with Crippen LogP contribution in [0.5, 0.6) is 0 Å². The molecule has 4 nitrogen and oxygen atoms in total. The molecule has 8 heteroatoms. The summed E-state index contributed by atoms with van der Waals surface area (Å²) in [6.45, 7) is 2.93. The minimum absolute atomic E-state index is 0.000741. The minimum atomic E-state index is -4.50. The Hall–Kier alpha value is -2.35. The zero-order valence-electron chi connectivity index (χ0n) is 12.2. The van der Waals surface area contributed by atoms with Crippen LogP contribution in [0, 0.1) is 6.92 Å². The lowest BCUT2D eigenvalue weighted by molar-refractivity contribution is -0.137. The summed E-state index contributed by atoms with van der Waals surface area (Å²) in [6.07, 6.45) is -4.50. The Balaban J connectivity index is 2.32. The molecule has 0 unspecified atom stereocenters. The topological polar surface area (TPSA) is 72.2 Å². The lowest BCUT2D eigenvalue weighted by Crippen LogP contribution is -2.15. The lowest BCUT2D eigenvalue weighted by atomic mass is 10.1. The van der Waals surface area contributed by atoms with Gasteiger partial charge in [-0.25, -0.2) is 0 Å². The number of nitrogens with one attached hydrogen (secondary N) is 1. The first-order valence-electron chi connectivity index (χ1n) is 6.49. The standard InChI is InChI=1S/C15H13F3N2O2S/c1-7-11(13(19)23-12(7)8(2)21)14(22)20-10-5-3-4-9(6-10)15(16,17)18/h3-6H,19H2,1-2H3,(H,20,22). The largest absolute Gasteiger partial charge is 0.416 e. The van der Waals surface area contributed by atoms with Crippen LogP contribution in [0.3, 0.4) is 0 Å². The molecule has 122 valence electrons. The molecule has 0 aliphatic heterocycles. The van der Waals surface area contributed by atoms with Crippen LogP contribution in [-0.2, 0) is 6.18 Å². The summed E-state index contributed by atoms with van der Waals surface area (Å²) in [7, 11) is 0. The molecule has 0 fully saturated rings. The number of benzene rings is 1. The molecular weight excluding hydrogens is 329 g/mol. The number of thiophene rings is 1. The zero-order chi connectivity index (χ0) is 17.4. The Morgan fingerprint density at radius 1 is 1.26 bits per heavy atom. The summed E-state index contributed by atoms with van der Waals surface area (Å²) < 4.78 is 38.0. The van der Waals surface area contributed by atoms with E-state index < -0.39 is 17.6 Å². The van der Waals surface area contributed by atoms with Crippen LogP contribution in [0.4, 0.5) is 23.9 Å². The molecule has 0 atom stereocenters. The fourth-order valence-corrected chi connectivity index (χ4v) is 3.09. The Labute approximate surface area is 134 Å². The molecule has 0 aliphatic carbocycles. The van der Waals surface area contributed by atoms with Gasteiger partial charge in [0.15, 0.2) is 5.78 Å². The summed E-state index contributed by atoms with van der Waals surface area (Å²) in [5, 5.41) is 2.53. The van der Waals surface area contributed by atoms with E-state index in [4.69, 9.17) is 5.73 Å². The van der Waals surface area contributed by atoms with Gasteiger partial charge in [-0.1, -0.05) is 6.07 Å². The maximum Gasteiger partial charge on any atom is 0.416 e. The van der Waals surface area contributed by atoms with Crippen molar-refractivity contribution in [2.75, 3.05) is 11.1 Å². The van der Waals surface area contributed by atoms with E-state index in [1.165, 1.54) is 19.1 Å². The number of nitrogens with two attached hydrogens (primary N) is 1. The highest BCUT2D eigenvalue weighted by Crippen LogP contribution is 2.33. The van der Waals surface area contributed by atoms with E-state index in [9.17, 15) is 22.8 Å². The first-order valence-corrected chi connectivity index (χ1v) is 7.31. The first-order chi connectivity index (χ1) is 10.6. The fraction of sp³-hybridized carbons (Fsp3) is 0.200. The predicted octanol–water partition coefficient (Wildman–Crippen LogP) is 4.11. The Morgan fingerprint density at radius 2 is 1.91 bits per heavy atom. The number of hydrogen-bond donors (Lipinski definition) is 2. The number of hydrogen-bond acceptors (Lipinski definition) is 4. The van der Waals surface area contributed by atoms with Gasteiger partial charge < -0.3 is 11.1 Å². The van der Waals surface area contributed by atoms with Crippen LogP contribution in [-0.4, -0.2) is 11.7 Å². The minimum Gasteiger partial charge on any atom is -0.390 e. The average Bonchev–Trinajstić information content (AvgIpc) is 2.73. The van der Waals surface area contributed by atoms with E-state index in [1.807, 2.05) is 0 Å². The Morgan fingerprint density at radius 3 is 2.43 bits per heavy atom. The molecule has 0 saturated heterocycles. The zero-order valence-corrected chi connectivity index (χ0v) is 13.1. The van der Waals surface area contributed by atoms with E-state index in [2.05, 4.69) is 5.32 Å². The molecule has 0 saturated carbocycles. The summed E-state index contributed by atoms with van der Waals surface area (Å²) in [4.78, 5) is 24.1. The average molecular weight is 342 g/mol. The molecule has 3 N–H and O–H groups in total. The van der Waals surface area contributed by atoms with Crippen molar-refractivity contribution in [2.45, 2.75) is 20.0 Å². The van der Waals surface area contributed by atoms with Gasteiger partial charge in [-0.15, -0.1) is 11.3 Å². The molecule has 23 heavy (non-hydrogen) atoms. The van der Waals surface area contributed by atoms with Crippen LogP contribution in [0.1, 0.15) is 38.1 Å². The molecule has 1 amide bonds. The number of anilines is 2. The summed E-state index contributed by atoms with van der Waals surface area (Å²) in [5.74, 6) is -0.875. The van der Waals surface area contributed by atoms with E-state index in [-0.39, 0.29) is 22.0 Å². The second-order valence-corrected chi connectivity index (χ2v) is 5.94. The molecule has 0 bridgehead atoms. The molecule has 1 aromatic heterocycles. The van der Waals surface area contributed by atoms with Gasteiger partial charge in [0.25, 0.3) is 5.91 Å². The monoisotopic (exact) mass is 342 g/mol. The Kier molecular flexibility index (Phi) is 4.46. The third-order valence-electron chi connectivity index (χ3n) is 3.17. The van der Waals surface area contributed by atoms with Crippen molar-refractivity contribution in [3.63, 3.8) is 0 Å². The third kappa shape index (κ3) is 3.53. The fourth-order valence-electron chi connectivity index (χ4n) is 2.12. The van der Waals surface area contributed by atoms with E-state index >= 15 is 0 Å². The summed E-state index contributed by atoms with van der Waals surface area (Å²) in [5.41, 5.74) is 5.42. The summed E-state index contributed by atoms with van der Waals surface area (Å²) in [6, 6.07) is 4.29. The van der Waals surface area contributed by atoms with Crippen molar-refractivity contribution in [1.82, 2.24) is 0 Å². The van der Waals surface area contributed by atoms with Gasteiger partial charge in [0.05, 0.1) is 21.0 Å². The lowest BCUT2D eigenvalue weighted by Gasteiger charge is -2.10. The first kappa shape index (κ1) is 17.0. The van der Waals surface area contributed by atoms with Crippen LogP contribution >= 0.6 is 11.3 Å². The number of Topliss-reactive ketones (excluding diaryl/α,β-unsaturated/α-hetero) is 1. The van der Waals surface area contributed by atoms with Crippen LogP contribution in [0.15, 0.2) is 24.3 Å². The smallest absolute Gasteiger partial charge is 0.390 e. The number of alkyl halides is 3. The van der Waals surface area contributed by atoms with Crippen LogP contribution in [0.2, 0.25) is 0 Å². The highest BCUT2D eigenvalue weighted by molar-refractivity contribution is 7.18. The number of nitrogen functional groups attached to an aromatic ring is 1. The molecule has 0 radical (unpaired) electrons. The number of halogens is 3. The number of carbonyl (C=O) groups excluding carboxylic acids is 2. The molecule has 0 aliphatic rings. The van der Waals surface area contributed by atoms with Gasteiger partial charge in [-0.05, 0) is 37.6 Å². The molecular formula is C15H13F3N2O2S. The molecule has 1 heterocycles. The SMILES string of the molecule is CC(=O)c1sc(N)c(C(=O)Nc2cccc(C(F)(F)F)c2)c1C. The molecule has 1 aromatic carbocycles. The number of rotatable bonds is 3. The van der Waals surface area contributed by atoms with Crippen molar-refractivity contribution in [3.05, 3.63) is 45.8 Å². The maximum absolute atomic E-state index is 12.7. The number of carbonyl (C=O) groups is 2. The van der Waals surface area contributed by atoms with Gasteiger partial charge in [0.1, 0.15) is 0 Å². The van der Waals surface area contributed by atoms with E-state index in [1.54, 1.807) is 6.92 Å². The molecule has 2 aromatic rings. The van der Waals surface area contributed by atoms with Crippen molar-refractivity contribution in [3.8, 4) is 0 Å². The molecule has 2 rings (SSSR count). The van der Waals surface area contributed by atoms with Crippen molar-refractivity contribution in [1.29, 1.82) is 0 Å². The van der Waals surface area contributed by atoms with Crippen molar-refractivity contribution >= 4 is 33.7 Å². The second-order valence-electron chi connectivity index (χ2n) is 4.88. The quantitative estimate of drug-likeness (QED) is 0.825. The van der Waals surface area contributed by atoms with Gasteiger partial charge in [0.2, 0.25) is 0 Å². The van der Waals surface area contributed by atoms with E-state index in [0.29, 0.717) is 10.4 Å². The van der Waals surface area contributed by atoms with Gasteiger partial charge in [-0.3, -0.25) is 9.59 Å². The normalized spacial score (nSPS) is 11.3. The summed E-state index contributed by atoms with van der Waals surface area (Å²) >= 11 is 0.983. The van der Waals surface area contributed by atoms with Gasteiger partial charge in [-0.2, -0.15) is 13.2 Å².